The average molecular weight is 160 g/mol. The summed E-state index contributed by atoms with van der Waals surface area (Å²) in [5.41, 5.74) is -0.899. The number of alkyl halides is 1. The lowest BCUT2D eigenvalue weighted by molar-refractivity contribution is 0.0766. The van der Waals surface area contributed by atoms with Gasteiger partial charge in [0, 0.05) is 0 Å². The number of hydrogen-bond donors (Lipinski definition) is 0. The van der Waals surface area contributed by atoms with Gasteiger partial charge in [-0.1, -0.05) is 40.5 Å². The largest absolute Gasteiger partial charge is 0.244 e. The summed E-state index contributed by atoms with van der Waals surface area (Å²) in [7, 11) is 0. The number of halogens is 1. The van der Waals surface area contributed by atoms with Gasteiger partial charge < -0.3 is 0 Å². The highest BCUT2D eigenvalue weighted by Crippen LogP contribution is 2.32. The highest BCUT2D eigenvalue weighted by molar-refractivity contribution is 4.81. The Bertz CT molecular complexity index is 91.0. The molecule has 0 atom stereocenters. The van der Waals surface area contributed by atoms with Gasteiger partial charge >= 0.3 is 0 Å². The van der Waals surface area contributed by atoms with Crippen LogP contribution in [0.25, 0.3) is 0 Å². The molecule has 0 nitrogen and oxygen atoms in total. The first-order valence-corrected chi connectivity index (χ1v) is 4.75. The fraction of sp³-hybridized carbons (Fsp3) is 1.00. The molecule has 0 heterocycles. The van der Waals surface area contributed by atoms with Crippen molar-refractivity contribution in [2.75, 3.05) is 0 Å². The van der Waals surface area contributed by atoms with Crippen LogP contribution >= 0.6 is 0 Å². The molecule has 0 aliphatic carbocycles. The van der Waals surface area contributed by atoms with Crippen molar-refractivity contribution >= 4 is 0 Å². The summed E-state index contributed by atoms with van der Waals surface area (Å²) in [6.07, 6.45) is 3.35. The molecule has 0 amide bonds. The van der Waals surface area contributed by atoms with E-state index in [0.29, 0.717) is 0 Å². The molecule has 1 heteroatoms. The van der Waals surface area contributed by atoms with Crippen LogP contribution < -0.4 is 0 Å². The fourth-order valence-electron chi connectivity index (χ4n) is 1.53. The Morgan fingerprint density at radius 3 is 1.64 bits per heavy atom. The molecule has 11 heavy (non-hydrogen) atoms. The van der Waals surface area contributed by atoms with Crippen molar-refractivity contribution in [3.8, 4) is 0 Å². The van der Waals surface area contributed by atoms with E-state index in [-0.39, 0.29) is 5.92 Å². The topological polar surface area (TPSA) is 0 Å². The molecule has 0 rings (SSSR count). The van der Waals surface area contributed by atoms with Gasteiger partial charge in [-0.2, -0.15) is 0 Å². The third kappa shape index (κ3) is 3.22. The SMILES string of the molecule is CCCC(F)(CCC)C(C)C. The summed E-state index contributed by atoms with van der Waals surface area (Å²) in [5, 5.41) is 0. The smallest absolute Gasteiger partial charge is 0.113 e. The van der Waals surface area contributed by atoms with Gasteiger partial charge in [-0.3, -0.25) is 0 Å². The summed E-state index contributed by atoms with van der Waals surface area (Å²) in [5.74, 6) is 0.169. The van der Waals surface area contributed by atoms with Crippen molar-refractivity contribution in [3.05, 3.63) is 0 Å². The Morgan fingerprint density at radius 1 is 1.09 bits per heavy atom. The monoisotopic (exact) mass is 160 g/mol. The van der Waals surface area contributed by atoms with E-state index in [2.05, 4.69) is 0 Å². The lowest BCUT2D eigenvalue weighted by Crippen LogP contribution is -2.29. The maximum Gasteiger partial charge on any atom is 0.113 e. The molecular weight excluding hydrogens is 139 g/mol. The summed E-state index contributed by atoms with van der Waals surface area (Å²) in [6, 6.07) is 0. The van der Waals surface area contributed by atoms with Crippen LogP contribution in [0.4, 0.5) is 4.39 Å². The van der Waals surface area contributed by atoms with E-state index in [1.807, 2.05) is 27.7 Å². The van der Waals surface area contributed by atoms with E-state index < -0.39 is 5.67 Å². The van der Waals surface area contributed by atoms with Gasteiger partial charge in [0.25, 0.3) is 0 Å². The van der Waals surface area contributed by atoms with Gasteiger partial charge in [0.05, 0.1) is 0 Å². The minimum Gasteiger partial charge on any atom is -0.244 e. The summed E-state index contributed by atoms with van der Waals surface area (Å²) in [6.45, 7) is 8.05. The van der Waals surface area contributed by atoms with Gasteiger partial charge in [-0.15, -0.1) is 0 Å². The van der Waals surface area contributed by atoms with Crippen LogP contribution in [0.2, 0.25) is 0 Å². The zero-order valence-electron chi connectivity index (χ0n) is 8.28. The van der Waals surface area contributed by atoms with E-state index in [4.69, 9.17) is 0 Å². The van der Waals surface area contributed by atoms with Crippen LogP contribution in [-0.4, -0.2) is 5.67 Å². The zero-order chi connectivity index (χ0) is 8.91. The molecule has 0 N–H and O–H groups in total. The number of hydrogen-bond acceptors (Lipinski definition) is 0. The molecule has 0 aromatic rings. The first kappa shape index (κ1) is 10.9. The maximum absolute atomic E-state index is 13.9. The Hall–Kier alpha value is -0.0700. The van der Waals surface area contributed by atoms with Crippen LogP contribution in [0.5, 0.6) is 0 Å². The minimum atomic E-state index is -0.899. The van der Waals surface area contributed by atoms with E-state index in [1.54, 1.807) is 0 Å². The summed E-state index contributed by atoms with van der Waals surface area (Å²) < 4.78 is 13.9. The Balaban J connectivity index is 4.01. The van der Waals surface area contributed by atoms with Crippen molar-refractivity contribution in [3.63, 3.8) is 0 Å². The molecule has 0 aromatic carbocycles. The molecule has 0 radical (unpaired) electrons. The third-order valence-corrected chi connectivity index (χ3v) is 2.37. The van der Waals surface area contributed by atoms with Crippen molar-refractivity contribution in [2.45, 2.75) is 59.0 Å². The molecule has 0 aliphatic heterocycles. The molecule has 0 aliphatic rings. The average Bonchev–Trinajstić information content (AvgIpc) is 1.88. The molecule has 68 valence electrons. The molecule has 0 saturated carbocycles. The van der Waals surface area contributed by atoms with Crippen molar-refractivity contribution in [1.82, 2.24) is 0 Å². The highest BCUT2D eigenvalue weighted by atomic mass is 19.1. The molecule has 0 spiro atoms. The van der Waals surface area contributed by atoms with E-state index in [9.17, 15) is 4.39 Å². The standard InChI is InChI=1S/C10H21F/c1-5-7-10(11,8-6-2)9(3)4/h9H,5-8H2,1-4H3. The maximum atomic E-state index is 13.9. The first-order valence-electron chi connectivity index (χ1n) is 4.75. The minimum absolute atomic E-state index is 0.169. The molecular formula is C10H21F. The summed E-state index contributed by atoms with van der Waals surface area (Å²) in [4.78, 5) is 0. The quantitative estimate of drug-likeness (QED) is 0.571. The lowest BCUT2D eigenvalue weighted by atomic mass is 9.84. The Kier molecular flexibility index (Phi) is 4.71. The number of rotatable bonds is 5. The lowest BCUT2D eigenvalue weighted by Gasteiger charge is -2.28. The second kappa shape index (κ2) is 4.74. The van der Waals surface area contributed by atoms with Crippen molar-refractivity contribution in [2.24, 2.45) is 5.92 Å². The van der Waals surface area contributed by atoms with Gasteiger partial charge in [0.1, 0.15) is 5.67 Å². The van der Waals surface area contributed by atoms with E-state index in [0.717, 1.165) is 25.7 Å². The van der Waals surface area contributed by atoms with Crippen LogP contribution in [0.1, 0.15) is 53.4 Å². The van der Waals surface area contributed by atoms with Gasteiger partial charge in [0.15, 0.2) is 0 Å². The van der Waals surface area contributed by atoms with E-state index in [1.165, 1.54) is 0 Å². The van der Waals surface area contributed by atoms with Crippen molar-refractivity contribution in [1.29, 1.82) is 0 Å². The van der Waals surface area contributed by atoms with E-state index >= 15 is 0 Å². The molecule has 0 saturated heterocycles. The molecule has 0 bridgehead atoms. The Labute approximate surface area is 70.2 Å². The predicted octanol–water partition coefficient (Wildman–Crippen LogP) is 3.95. The van der Waals surface area contributed by atoms with Gasteiger partial charge in [-0.25, -0.2) is 4.39 Å². The predicted molar refractivity (Wildman–Crippen MR) is 48.5 cm³/mol. The fourth-order valence-corrected chi connectivity index (χ4v) is 1.53. The van der Waals surface area contributed by atoms with Crippen LogP contribution in [0.3, 0.4) is 0 Å². The normalized spacial score (nSPS) is 12.5. The van der Waals surface area contributed by atoms with Crippen LogP contribution in [0.15, 0.2) is 0 Å². The molecule has 0 fully saturated rings. The van der Waals surface area contributed by atoms with Gasteiger partial charge in [0.2, 0.25) is 0 Å². The molecule has 0 aromatic heterocycles. The van der Waals surface area contributed by atoms with Crippen molar-refractivity contribution < 1.29 is 4.39 Å². The third-order valence-electron chi connectivity index (χ3n) is 2.37. The second-order valence-electron chi connectivity index (χ2n) is 3.69. The highest BCUT2D eigenvalue weighted by Gasteiger charge is 2.30. The van der Waals surface area contributed by atoms with Crippen LogP contribution in [-0.2, 0) is 0 Å². The van der Waals surface area contributed by atoms with Crippen LogP contribution in [0, 0.1) is 5.92 Å². The summed E-state index contributed by atoms with van der Waals surface area (Å²) >= 11 is 0. The molecule has 0 unspecified atom stereocenters. The Morgan fingerprint density at radius 2 is 1.45 bits per heavy atom. The first-order chi connectivity index (χ1) is 5.06. The zero-order valence-corrected chi connectivity index (χ0v) is 8.28. The second-order valence-corrected chi connectivity index (χ2v) is 3.69. The van der Waals surface area contributed by atoms with Gasteiger partial charge in [-0.05, 0) is 18.8 Å².